The van der Waals surface area contributed by atoms with Crippen LogP contribution in [-0.2, 0) is 26.9 Å². The molecule has 0 spiro atoms. The molecular formula is C23H18BrFN2O3S. The van der Waals surface area contributed by atoms with E-state index in [0.717, 1.165) is 4.47 Å². The number of rotatable bonds is 6. The monoisotopic (exact) mass is 500 g/mol. The van der Waals surface area contributed by atoms with E-state index in [1.807, 2.05) is 12.1 Å². The zero-order chi connectivity index (χ0) is 22.0. The number of aromatic nitrogens is 1. The van der Waals surface area contributed by atoms with Gasteiger partial charge in [-0.2, -0.15) is 0 Å². The average molecular weight is 501 g/mol. The van der Waals surface area contributed by atoms with Crippen LogP contribution in [0, 0.1) is 5.82 Å². The lowest BCUT2D eigenvalue weighted by atomic mass is 10.2. The fraction of sp³-hybridized carbons (Fsp3) is 0.0870. The van der Waals surface area contributed by atoms with Crippen LogP contribution in [0.15, 0.2) is 88.4 Å². The van der Waals surface area contributed by atoms with E-state index in [0.29, 0.717) is 22.2 Å². The van der Waals surface area contributed by atoms with Crippen molar-refractivity contribution in [3.63, 3.8) is 0 Å². The second kappa shape index (κ2) is 8.64. The highest BCUT2D eigenvalue weighted by molar-refractivity contribution is 9.10. The van der Waals surface area contributed by atoms with Crippen LogP contribution in [0.25, 0.3) is 10.9 Å². The maximum absolute atomic E-state index is 13.5. The molecule has 1 amide bonds. The maximum Gasteiger partial charge on any atom is 0.244 e. The molecule has 0 bridgehead atoms. The zero-order valence-corrected chi connectivity index (χ0v) is 18.7. The van der Waals surface area contributed by atoms with Gasteiger partial charge in [0.1, 0.15) is 12.4 Å². The lowest BCUT2D eigenvalue weighted by Crippen LogP contribution is -2.18. The summed E-state index contributed by atoms with van der Waals surface area (Å²) < 4.78 is 42.2. The summed E-state index contributed by atoms with van der Waals surface area (Å²) in [6, 6.07) is 19.7. The topological polar surface area (TPSA) is 68.2 Å². The smallest absolute Gasteiger partial charge is 0.244 e. The summed E-state index contributed by atoms with van der Waals surface area (Å²) in [6.07, 6.45) is 1.47. The third kappa shape index (κ3) is 4.86. The van der Waals surface area contributed by atoms with Crippen LogP contribution in [0.5, 0.6) is 0 Å². The maximum atomic E-state index is 13.5. The number of sulfone groups is 1. The van der Waals surface area contributed by atoms with Gasteiger partial charge in [-0.25, -0.2) is 12.8 Å². The van der Waals surface area contributed by atoms with Crippen LogP contribution in [0.1, 0.15) is 5.56 Å². The molecule has 0 fully saturated rings. The van der Waals surface area contributed by atoms with Crippen LogP contribution in [-0.4, -0.2) is 18.9 Å². The van der Waals surface area contributed by atoms with Crippen molar-refractivity contribution < 1.29 is 17.6 Å². The Bertz CT molecular complexity index is 1380. The lowest BCUT2D eigenvalue weighted by molar-refractivity contribution is -0.116. The van der Waals surface area contributed by atoms with Gasteiger partial charge in [-0.1, -0.05) is 52.3 Å². The molecule has 1 N–H and O–H groups in total. The lowest BCUT2D eigenvalue weighted by Gasteiger charge is -2.07. The minimum Gasteiger partial charge on any atom is -0.337 e. The van der Waals surface area contributed by atoms with Crippen molar-refractivity contribution in [3.8, 4) is 0 Å². The molecule has 0 atom stereocenters. The summed E-state index contributed by atoms with van der Waals surface area (Å²) >= 11 is 3.36. The summed E-state index contributed by atoms with van der Waals surface area (Å²) in [6.45, 7) is -0.0531. The molecule has 4 rings (SSSR count). The quantitative estimate of drug-likeness (QED) is 0.397. The van der Waals surface area contributed by atoms with Crippen LogP contribution in [0.4, 0.5) is 10.1 Å². The molecule has 0 aliphatic rings. The average Bonchev–Trinajstić information content (AvgIpc) is 3.07. The Morgan fingerprint density at radius 2 is 1.77 bits per heavy atom. The first-order chi connectivity index (χ1) is 14.8. The molecule has 8 heteroatoms. The standard InChI is InChI=1S/C23H18BrFN2O3S/c24-17-6-4-8-19(12-17)26-23(28)14-27-13-22(20-9-1-2-10-21(20)27)31(29,30)15-16-5-3-7-18(25)11-16/h1-13H,14-15H2,(H,26,28). The number of benzene rings is 3. The molecule has 158 valence electrons. The number of hydrogen-bond acceptors (Lipinski definition) is 3. The summed E-state index contributed by atoms with van der Waals surface area (Å²) in [7, 11) is -3.76. The van der Waals surface area contributed by atoms with Gasteiger partial charge >= 0.3 is 0 Å². The van der Waals surface area contributed by atoms with Crippen molar-refractivity contribution in [1.82, 2.24) is 4.57 Å². The van der Waals surface area contributed by atoms with Crippen molar-refractivity contribution >= 4 is 48.3 Å². The molecule has 0 saturated carbocycles. The van der Waals surface area contributed by atoms with Crippen LogP contribution >= 0.6 is 15.9 Å². The molecule has 0 saturated heterocycles. The van der Waals surface area contributed by atoms with Crippen molar-refractivity contribution in [3.05, 3.63) is 94.8 Å². The van der Waals surface area contributed by atoms with E-state index in [1.54, 1.807) is 47.0 Å². The molecule has 1 aromatic heterocycles. The molecule has 0 radical (unpaired) electrons. The first-order valence-electron chi connectivity index (χ1n) is 9.42. The number of amides is 1. The number of carbonyl (C=O) groups is 1. The van der Waals surface area contributed by atoms with Crippen LogP contribution in [0.2, 0.25) is 0 Å². The number of nitrogens with zero attached hydrogens (tertiary/aromatic N) is 1. The summed E-state index contributed by atoms with van der Waals surface area (Å²) in [5, 5.41) is 3.33. The number of nitrogens with one attached hydrogen (secondary N) is 1. The molecule has 1 heterocycles. The molecule has 0 aliphatic carbocycles. The minimum atomic E-state index is -3.76. The molecule has 4 aromatic rings. The van der Waals surface area contributed by atoms with E-state index in [9.17, 15) is 17.6 Å². The first kappa shape index (κ1) is 21.3. The van der Waals surface area contributed by atoms with E-state index in [1.165, 1.54) is 24.4 Å². The fourth-order valence-corrected chi connectivity index (χ4v) is 5.41. The number of carbonyl (C=O) groups excluding carboxylic acids is 1. The van der Waals surface area contributed by atoms with Crippen molar-refractivity contribution in [2.24, 2.45) is 0 Å². The Balaban J connectivity index is 1.65. The van der Waals surface area contributed by atoms with Gasteiger partial charge in [0.15, 0.2) is 9.84 Å². The van der Waals surface area contributed by atoms with Crippen molar-refractivity contribution in [1.29, 1.82) is 0 Å². The Morgan fingerprint density at radius 1 is 1.00 bits per heavy atom. The van der Waals surface area contributed by atoms with Gasteiger partial charge in [-0.05, 0) is 42.0 Å². The van der Waals surface area contributed by atoms with Gasteiger partial charge in [-0.15, -0.1) is 0 Å². The van der Waals surface area contributed by atoms with Gasteiger partial charge < -0.3 is 9.88 Å². The summed E-state index contributed by atoms with van der Waals surface area (Å²) in [5.41, 5.74) is 1.63. The third-order valence-corrected chi connectivity index (χ3v) is 6.96. The predicted molar refractivity (Wildman–Crippen MR) is 122 cm³/mol. The highest BCUT2D eigenvalue weighted by Gasteiger charge is 2.22. The predicted octanol–water partition coefficient (Wildman–Crippen LogP) is 5.16. The number of halogens is 2. The summed E-state index contributed by atoms with van der Waals surface area (Å²) in [4.78, 5) is 12.7. The Morgan fingerprint density at radius 3 is 2.55 bits per heavy atom. The van der Waals surface area contributed by atoms with Gasteiger partial charge in [0.25, 0.3) is 0 Å². The second-order valence-electron chi connectivity index (χ2n) is 7.09. The number of fused-ring (bicyclic) bond motifs is 1. The van der Waals surface area contributed by atoms with E-state index in [2.05, 4.69) is 21.2 Å². The van der Waals surface area contributed by atoms with Crippen LogP contribution < -0.4 is 5.32 Å². The number of anilines is 1. The molecular weight excluding hydrogens is 483 g/mol. The van der Waals surface area contributed by atoms with E-state index in [4.69, 9.17) is 0 Å². The highest BCUT2D eigenvalue weighted by atomic mass is 79.9. The molecule has 0 unspecified atom stereocenters. The third-order valence-electron chi connectivity index (χ3n) is 4.76. The minimum absolute atomic E-state index is 0.0531. The van der Waals surface area contributed by atoms with E-state index < -0.39 is 15.7 Å². The zero-order valence-electron chi connectivity index (χ0n) is 16.3. The van der Waals surface area contributed by atoms with Crippen LogP contribution in [0.3, 0.4) is 0 Å². The Labute approximate surface area is 187 Å². The van der Waals surface area contributed by atoms with Crippen molar-refractivity contribution in [2.75, 3.05) is 5.32 Å². The number of para-hydroxylation sites is 1. The van der Waals surface area contributed by atoms with Crippen molar-refractivity contribution in [2.45, 2.75) is 17.2 Å². The first-order valence-corrected chi connectivity index (χ1v) is 11.9. The Hall–Kier alpha value is -2.97. The molecule has 0 aliphatic heterocycles. The molecule has 3 aromatic carbocycles. The highest BCUT2D eigenvalue weighted by Crippen LogP contribution is 2.28. The van der Waals surface area contributed by atoms with Gasteiger partial charge in [0.2, 0.25) is 5.91 Å². The number of hydrogen-bond donors (Lipinski definition) is 1. The summed E-state index contributed by atoms with van der Waals surface area (Å²) in [5.74, 6) is -1.10. The Kier molecular flexibility index (Phi) is 5.93. The fourth-order valence-electron chi connectivity index (χ4n) is 3.44. The van der Waals surface area contributed by atoms with Gasteiger partial charge in [0.05, 0.1) is 10.6 Å². The SMILES string of the molecule is O=C(Cn1cc(S(=O)(=O)Cc2cccc(F)c2)c2ccccc21)Nc1cccc(Br)c1. The van der Waals surface area contributed by atoms with Gasteiger partial charge in [0, 0.05) is 27.3 Å². The van der Waals surface area contributed by atoms with E-state index in [-0.39, 0.29) is 23.1 Å². The largest absolute Gasteiger partial charge is 0.337 e. The second-order valence-corrected chi connectivity index (χ2v) is 9.96. The van der Waals surface area contributed by atoms with Gasteiger partial charge in [-0.3, -0.25) is 4.79 Å². The normalized spacial score (nSPS) is 11.5. The van der Waals surface area contributed by atoms with E-state index >= 15 is 0 Å². The molecule has 5 nitrogen and oxygen atoms in total. The molecule has 31 heavy (non-hydrogen) atoms.